The molecule has 2 amide bonds. The number of hydrogen-bond acceptors (Lipinski definition) is 6. The van der Waals surface area contributed by atoms with Gasteiger partial charge in [-0.25, -0.2) is 9.59 Å². The van der Waals surface area contributed by atoms with Crippen molar-refractivity contribution in [1.29, 1.82) is 5.26 Å². The van der Waals surface area contributed by atoms with Gasteiger partial charge in [0.15, 0.2) is 6.10 Å². The van der Waals surface area contributed by atoms with Gasteiger partial charge in [0.1, 0.15) is 11.6 Å². The molecule has 1 aromatic heterocycles. The van der Waals surface area contributed by atoms with E-state index in [1.807, 2.05) is 25.2 Å². The lowest BCUT2D eigenvalue weighted by molar-refractivity contribution is -0.150. The van der Waals surface area contributed by atoms with E-state index in [0.29, 0.717) is 5.92 Å². The van der Waals surface area contributed by atoms with Crippen LogP contribution in [0.4, 0.5) is 4.79 Å². The molecule has 0 unspecified atom stereocenters. The zero-order valence-corrected chi connectivity index (χ0v) is 16.5. The summed E-state index contributed by atoms with van der Waals surface area (Å²) < 4.78 is 11.4. The number of methoxy groups -OCH3 is 1. The Morgan fingerprint density at radius 1 is 1.30 bits per heavy atom. The number of carbonyl (C=O) groups is 3. The highest BCUT2D eigenvalue weighted by atomic mass is 16.6. The Bertz CT molecular complexity index is 799. The molecule has 0 saturated carbocycles. The third kappa shape index (κ3) is 5.99. The number of ether oxygens (including phenoxy) is 2. The van der Waals surface area contributed by atoms with E-state index in [-0.39, 0.29) is 5.57 Å². The van der Waals surface area contributed by atoms with Crippen LogP contribution in [0.3, 0.4) is 0 Å². The van der Waals surface area contributed by atoms with Crippen LogP contribution in [0.1, 0.15) is 37.7 Å². The van der Waals surface area contributed by atoms with E-state index in [0.717, 1.165) is 30.6 Å². The van der Waals surface area contributed by atoms with Gasteiger partial charge < -0.3 is 14.0 Å². The average molecular weight is 375 g/mol. The van der Waals surface area contributed by atoms with Crippen molar-refractivity contribution in [3.05, 3.63) is 28.6 Å². The van der Waals surface area contributed by atoms with Crippen LogP contribution in [-0.2, 0) is 25.6 Å². The number of esters is 1. The molecule has 8 heteroatoms. The molecule has 1 rings (SSSR count). The van der Waals surface area contributed by atoms with E-state index >= 15 is 0 Å². The van der Waals surface area contributed by atoms with Crippen LogP contribution >= 0.6 is 0 Å². The first kappa shape index (κ1) is 22.0. The third-order valence-electron chi connectivity index (χ3n) is 3.86. The van der Waals surface area contributed by atoms with E-state index in [1.165, 1.54) is 13.0 Å². The number of rotatable bonds is 6. The molecule has 1 heterocycles. The summed E-state index contributed by atoms with van der Waals surface area (Å²) in [4.78, 5) is 35.0. The fourth-order valence-corrected chi connectivity index (χ4v) is 2.44. The number of nitrogens with one attached hydrogen (secondary N) is 1. The fraction of sp³-hybridized carbons (Fsp3) is 0.474. The molecule has 0 aliphatic heterocycles. The number of hydrogen-bond donors (Lipinski definition) is 1. The Hall–Kier alpha value is -3.08. The first-order chi connectivity index (χ1) is 12.6. The van der Waals surface area contributed by atoms with E-state index in [2.05, 4.69) is 23.2 Å². The van der Waals surface area contributed by atoms with Gasteiger partial charge in [-0.2, -0.15) is 5.26 Å². The van der Waals surface area contributed by atoms with Crippen molar-refractivity contribution in [2.75, 3.05) is 7.11 Å². The second-order valence-corrected chi connectivity index (χ2v) is 6.53. The number of alkyl carbamates (subject to hydrolysis) is 1. The summed E-state index contributed by atoms with van der Waals surface area (Å²) in [5, 5.41) is 11.2. The lowest BCUT2D eigenvalue weighted by Crippen LogP contribution is -2.39. The summed E-state index contributed by atoms with van der Waals surface area (Å²) in [7, 11) is 1.10. The molecule has 0 bridgehead atoms. The van der Waals surface area contributed by atoms with Crippen LogP contribution < -0.4 is 5.32 Å². The summed E-state index contributed by atoms with van der Waals surface area (Å²) in [6, 6.07) is 3.68. The average Bonchev–Trinajstić information content (AvgIpc) is 2.86. The van der Waals surface area contributed by atoms with Gasteiger partial charge in [0, 0.05) is 17.9 Å². The first-order valence-electron chi connectivity index (χ1n) is 8.49. The molecule has 0 aromatic carbocycles. The maximum Gasteiger partial charge on any atom is 0.413 e. The molecule has 0 radical (unpaired) electrons. The largest absolute Gasteiger partial charge is 0.453 e. The maximum absolute atomic E-state index is 12.2. The van der Waals surface area contributed by atoms with Crippen LogP contribution in [0.15, 0.2) is 11.6 Å². The van der Waals surface area contributed by atoms with Crippen LogP contribution in [-0.4, -0.2) is 35.8 Å². The SMILES string of the molecule is COC(=O)NC(=O)[C@@H](C)OC(=O)/C(C#N)=C/c1cc(C)n(CC(C)C)c1C. The lowest BCUT2D eigenvalue weighted by atomic mass is 10.1. The van der Waals surface area contributed by atoms with Gasteiger partial charge >= 0.3 is 12.1 Å². The molecule has 27 heavy (non-hydrogen) atoms. The number of nitrogens with zero attached hydrogens (tertiary/aromatic N) is 2. The van der Waals surface area contributed by atoms with E-state index in [9.17, 15) is 19.6 Å². The van der Waals surface area contributed by atoms with E-state index < -0.39 is 24.1 Å². The molecule has 0 saturated heterocycles. The zero-order chi connectivity index (χ0) is 20.7. The van der Waals surface area contributed by atoms with Gasteiger partial charge in [0.2, 0.25) is 0 Å². The zero-order valence-electron chi connectivity index (χ0n) is 16.5. The van der Waals surface area contributed by atoms with Crippen molar-refractivity contribution in [3.63, 3.8) is 0 Å². The van der Waals surface area contributed by atoms with Crippen molar-refractivity contribution in [2.45, 2.75) is 47.3 Å². The van der Waals surface area contributed by atoms with Crippen LogP contribution in [0, 0.1) is 31.1 Å². The highest BCUT2D eigenvalue weighted by Gasteiger charge is 2.22. The summed E-state index contributed by atoms with van der Waals surface area (Å²) in [5.74, 6) is -1.34. The number of aryl methyl sites for hydroxylation is 1. The molecular weight excluding hydrogens is 350 g/mol. The summed E-state index contributed by atoms with van der Waals surface area (Å²) in [6.45, 7) is 10.2. The van der Waals surface area contributed by atoms with Crippen molar-refractivity contribution < 1.29 is 23.9 Å². The van der Waals surface area contributed by atoms with E-state index in [1.54, 1.807) is 6.07 Å². The van der Waals surface area contributed by atoms with Gasteiger partial charge in [0.25, 0.3) is 5.91 Å². The minimum Gasteiger partial charge on any atom is -0.453 e. The van der Waals surface area contributed by atoms with Crippen LogP contribution in [0.25, 0.3) is 6.08 Å². The molecule has 8 nitrogen and oxygen atoms in total. The Kier molecular flexibility index (Phi) is 7.79. The highest BCUT2D eigenvalue weighted by Crippen LogP contribution is 2.20. The van der Waals surface area contributed by atoms with Gasteiger partial charge in [-0.3, -0.25) is 10.1 Å². The number of amides is 2. The molecule has 1 aromatic rings. The van der Waals surface area contributed by atoms with Crippen molar-refractivity contribution in [3.8, 4) is 6.07 Å². The molecule has 0 aliphatic carbocycles. The molecular formula is C19H25N3O5. The van der Waals surface area contributed by atoms with Crippen LogP contribution in [0.5, 0.6) is 0 Å². The Labute approximate surface area is 158 Å². The maximum atomic E-state index is 12.2. The van der Waals surface area contributed by atoms with Crippen LogP contribution in [0.2, 0.25) is 0 Å². The van der Waals surface area contributed by atoms with Crippen molar-refractivity contribution in [1.82, 2.24) is 9.88 Å². The van der Waals surface area contributed by atoms with Crippen molar-refractivity contribution >= 4 is 24.0 Å². The Balaban J connectivity index is 2.98. The number of carbonyl (C=O) groups excluding carboxylic acids is 3. The first-order valence-corrected chi connectivity index (χ1v) is 8.49. The minimum absolute atomic E-state index is 0.238. The summed E-state index contributed by atoms with van der Waals surface area (Å²) >= 11 is 0. The van der Waals surface area contributed by atoms with Gasteiger partial charge in [-0.05, 0) is 44.4 Å². The Morgan fingerprint density at radius 2 is 1.93 bits per heavy atom. The van der Waals surface area contributed by atoms with Crippen molar-refractivity contribution in [2.24, 2.45) is 5.92 Å². The molecule has 0 aliphatic rings. The standard InChI is InChI=1S/C19H25N3O5/c1-11(2)10-22-12(3)7-15(13(22)4)8-16(9-20)18(24)27-14(5)17(23)21-19(25)26-6/h7-8,11,14H,10H2,1-6H3,(H,21,23,25)/b16-8+/t14-/m1/s1. The van der Waals surface area contributed by atoms with Gasteiger partial charge in [0.05, 0.1) is 7.11 Å². The predicted molar refractivity (Wildman–Crippen MR) is 98.4 cm³/mol. The minimum atomic E-state index is -1.26. The van der Waals surface area contributed by atoms with Gasteiger partial charge in [-0.15, -0.1) is 0 Å². The quantitative estimate of drug-likeness (QED) is 0.465. The number of aromatic nitrogens is 1. The van der Waals surface area contributed by atoms with Gasteiger partial charge in [-0.1, -0.05) is 13.8 Å². The fourth-order valence-electron chi connectivity index (χ4n) is 2.44. The lowest BCUT2D eigenvalue weighted by Gasteiger charge is -2.12. The Morgan fingerprint density at radius 3 is 2.44 bits per heavy atom. The molecule has 0 fully saturated rings. The number of nitriles is 1. The molecule has 146 valence electrons. The second kappa shape index (κ2) is 9.57. The normalized spacial score (nSPS) is 12.3. The summed E-state index contributed by atoms with van der Waals surface area (Å²) in [6.07, 6.45) is -0.787. The smallest absolute Gasteiger partial charge is 0.413 e. The highest BCUT2D eigenvalue weighted by molar-refractivity contribution is 6.00. The summed E-state index contributed by atoms with van der Waals surface area (Å²) in [5.41, 5.74) is 2.44. The topological polar surface area (TPSA) is 110 Å². The molecule has 0 spiro atoms. The number of imide groups is 1. The third-order valence-corrected chi connectivity index (χ3v) is 3.86. The molecule has 1 N–H and O–H groups in total. The predicted octanol–water partition coefficient (Wildman–Crippen LogP) is 2.48. The molecule has 1 atom stereocenters. The second-order valence-electron chi connectivity index (χ2n) is 6.53. The van der Waals surface area contributed by atoms with E-state index in [4.69, 9.17) is 4.74 Å². The monoisotopic (exact) mass is 375 g/mol.